The summed E-state index contributed by atoms with van der Waals surface area (Å²) in [7, 11) is 1.93. The molecule has 0 aromatic carbocycles. The summed E-state index contributed by atoms with van der Waals surface area (Å²) in [6, 6.07) is 0.400. The molecular weight excluding hydrogens is 204 g/mol. The molecule has 2 fully saturated rings. The zero-order valence-corrected chi connectivity index (χ0v) is 10.1. The molecule has 1 N–H and O–H groups in total. The minimum absolute atomic E-state index is 0.268. The average Bonchev–Trinajstić information content (AvgIpc) is 2.96. The van der Waals surface area contributed by atoms with Gasteiger partial charge in [0.1, 0.15) is 0 Å². The topological polar surface area (TPSA) is 41.6 Å². The number of rotatable bonds is 4. The fraction of sp³-hybridized carbons (Fsp3) is 0.917. The van der Waals surface area contributed by atoms with Crippen molar-refractivity contribution < 1.29 is 9.53 Å². The highest BCUT2D eigenvalue weighted by molar-refractivity contribution is 5.76. The molecule has 2 unspecified atom stereocenters. The lowest BCUT2D eigenvalue weighted by Gasteiger charge is -2.24. The maximum Gasteiger partial charge on any atom is 0.222 e. The summed E-state index contributed by atoms with van der Waals surface area (Å²) in [6.45, 7) is 2.86. The first-order valence-electron chi connectivity index (χ1n) is 6.35. The molecule has 0 aromatic rings. The van der Waals surface area contributed by atoms with Crippen molar-refractivity contribution in [1.82, 2.24) is 10.2 Å². The number of hydrogen-bond acceptors (Lipinski definition) is 3. The fourth-order valence-corrected chi connectivity index (χ4v) is 2.51. The Hall–Kier alpha value is -0.610. The van der Waals surface area contributed by atoms with Crippen molar-refractivity contribution in [3.05, 3.63) is 0 Å². The highest BCUT2D eigenvalue weighted by Gasteiger charge is 2.24. The Morgan fingerprint density at radius 2 is 2.38 bits per heavy atom. The van der Waals surface area contributed by atoms with Crippen LogP contribution in [0.25, 0.3) is 0 Å². The number of likely N-dealkylation sites (N-methyl/N-ethyl adjacent to an activating group) is 1. The molecule has 2 atom stereocenters. The van der Waals surface area contributed by atoms with Gasteiger partial charge in [-0.05, 0) is 32.2 Å². The van der Waals surface area contributed by atoms with Crippen molar-refractivity contribution in [3.63, 3.8) is 0 Å². The van der Waals surface area contributed by atoms with Crippen LogP contribution in [0.1, 0.15) is 32.1 Å². The maximum absolute atomic E-state index is 11.9. The van der Waals surface area contributed by atoms with Crippen molar-refractivity contribution >= 4 is 5.91 Å². The number of hydrogen-bond donors (Lipinski definition) is 1. The SMILES string of the molecule is CN(C(=O)CCC1CCCO1)C1CCNC1. The van der Waals surface area contributed by atoms with E-state index in [1.54, 1.807) is 0 Å². The lowest BCUT2D eigenvalue weighted by molar-refractivity contribution is -0.132. The highest BCUT2D eigenvalue weighted by atomic mass is 16.5. The standard InChI is InChI=1S/C12H22N2O2/c1-14(10-6-7-13-9-10)12(15)5-4-11-3-2-8-16-11/h10-11,13H,2-9H2,1H3. The van der Waals surface area contributed by atoms with Gasteiger partial charge in [0.2, 0.25) is 5.91 Å². The predicted octanol–water partition coefficient (Wildman–Crippen LogP) is 0.766. The zero-order valence-electron chi connectivity index (χ0n) is 10.1. The van der Waals surface area contributed by atoms with Gasteiger partial charge in [-0.3, -0.25) is 4.79 Å². The van der Waals surface area contributed by atoms with Crippen molar-refractivity contribution in [2.75, 3.05) is 26.7 Å². The Morgan fingerprint density at radius 1 is 1.50 bits per heavy atom. The van der Waals surface area contributed by atoms with E-state index in [0.717, 1.165) is 45.4 Å². The molecule has 0 bridgehead atoms. The van der Waals surface area contributed by atoms with Crippen molar-refractivity contribution in [1.29, 1.82) is 0 Å². The Bertz CT molecular complexity index is 233. The largest absolute Gasteiger partial charge is 0.378 e. The number of nitrogens with one attached hydrogen (secondary N) is 1. The van der Waals surface area contributed by atoms with Crippen LogP contribution in [-0.2, 0) is 9.53 Å². The first kappa shape index (κ1) is 11.9. The van der Waals surface area contributed by atoms with Crippen LogP contribution in [-0.4, -0.2) is 49.7 Å². The zero-order chi connectivity index (χ0) is 11.4. The Kier molecular flexibility index (Phi) is 4.18. The molecule has 4 heteroatoms. The lowest BCUT2D eigenvalue weighted by Crippen LogP contribution is -2.38. The van der Waals surface area contributed by atoms with Crippen molar-refractivity contribution in [3.8, 4) is 0 Å². The summed E-state index contributed by atoms with van der Waals surface area (Å²) in [5.74, 6) is 0.268. The fourth-order valence-electron chi connectivity index (χ4n) is 2.51. The van der Waals surface area contributed by atoms with E-state index >= 15 is 0 Å². The molecular formula is C12H22N2O2. The van der Waals surface area contributed by atoms with Crippen LogP contribution in [0.2, 0.25) is 0 Å². The van der Waals surface area contributed by atoms with Gasteiger partial charge < -0.3 is 15.0 Å². The van der Waals surface area contributed by atoms with Gasteiger partial charge in [0, 0.05) is 32.7 Å². The summed E-state index contributed by atoms with van der Waals surface area (Å²) < 4.78 is 5.53. The Morgan fingerprint density at radius 3 is 3.00 bits per heavy atom. The van der Waals surface area contributed by atoms with E-state index in [1.807, 2.05) is 11.9 Å². The van der Waals surface area contributed by atoms with Crippen molar-refractivity contribution in [2.24, 2.45) is 0 Å². The molecule has 2 aliphatic rings. The average molecular weight is 226 g/mol. The normalized spacial score (nSPS) is 29.6. The summed E-state index contributed by atoms with van der Waals surface area (Å²) in [5, 5.41) is 3.29. The van der Waals surface area contributed by atoms with E-state index in [4.69, 9.17) is 4.74 Å². The maximum atomic E-state index is 11.9. The number of amides is 1. The van der Waals surface area contributed by atoms with Crippen LogP contribution >= 0.6 is 0 Å². The van der Waals surface area contributed by atoms with E-state index in [2.05, 4.69) is 5.32 Å². The third-order valence-electron chi connectivity index (χ3n) is 3.68. The molecule has 0 aromatic heterocycles. The second-order valence-corrected chi connectivity index (χ2v) is 4.82. The van der Waals surface area contributed by atoms with Gasteiger partial charge in [0.05, 0.1) is 6.10 Å². The van der Waals surface area contributed by atoms with E-state index in [9.17, 15) is 4.79 Å². The molecule has 2 saturated heterocycles. The molecule has 92 valence electrons. The molecule has 2 aliphatic heterocycles. The number of carbonyl (C=O) groups is 1. The quantitative estimate of drug-likeness (QED) is 0.769. The van der Waals surface area contributed by atoms with Gasteiger partial charge in [0.15, 0.2) is 0 Å². The third-order valence-corrected chi connectivity index (χ3v) is 3.68. The second kappa shape index (κ2) is 5.64. The minimum atomic E-state index is 0.268. The summed E-state index contributed by atoms with van der Waals surface area (Å²) in [4.78, 5) is 13.8. The Labute approximate surface area is 97.3 Å². The molecule has 0 aliphatic carbocycles. The predicted molar refractivity (Wildman–Crippen MR) is 62.3 cm³/mol. The Balaban J connectivity index is 1.69. The molecule has 2 heterocycles. The molecule has 2 rings (SSSR count). The molecule has 16 heavy (non-hydrogen) atoms. The molecule has 4 nitrogen and oxygen atoms in total. The van der Waals surface area contributed by atoms with E-state index in [-0.39, 0.29) is 5.91 Å². The molecule has 0 radical (unpaired) electrons. The van der Waals surface area contributed by atoms with Gasteiger partial charge in [-0.1, -0.05) is 0 Å². The molecule has 0 spiro atoms. The van der Waals surface area contributed by atoms with Crippen molar-refractivity contribution in [2.45, 2.75) is 44.2 Å². The van der Waals surface area contributed by atoms with Gasteiger partial charge >= 0.3 is 0 Å². The van der Waals surface area contributed by atoms with Gasteiger partial charge in [0.25, 0.3) is 0 Å². The number of ether oxygens (including phenoxy) is 1. The first-order chi connectivity index (χ1) is 7.77. The summed E-state index contributed by atoms with van der Waals surface area (Å²) in [5.41, 5.74) is 0. The summed E-state index contributed by atoms with van der Waals surface area (Å²) in [6.07, 6.45) is 5.23. The lowest BCUT2D eigenvalue weighted by atomic mass is 10.1. The van der Waals surface area contributed by atoms with E-state index in [1.165, 1.54) is 0 Å². The van der Waals surface area contributed by atoms with Crippen LogP contribution in [0, 0.1) is 0 Å². The molecule has 0 saturated carbocycles. The van der Waals surface area contributed by atoms with E-state index in [0.29, 0.717) is 18.6 Å². The van der Waals surface area contributed by atoms with Gasteiger partial charge in [-0.15, -0.1) is 0 Å². The second-order valence-electron chi connectivity index (χ2n) is 4.82. The van der Waals surface area contributed by atoms with Crippen LogP contribution in [0.15, 0.2) is 0 Å². The number of carbonyl (C=O) groups excluding carboxylic acids is 1. The number of nitrogens with zero attached hydrogens (tertiary/aromatic N) is 1. The van der Waals surface area contributed by atoms with Crippen LogP contribution < -0.4 is 5.32 Å². The monoisotopic (exact) mass is 226 g/mol. The highest BCUT2D eigenvalue weighted by Crippen LogP contribution is 2.18. The summed E-state index contributed by atoms with van der Waals surface area (Å²) >= 11 is 0. The smallest absolute Gasteiger partial charge is 0.222 e. The first-order valence-corrected chi connectivity index (χ1v) is 6.35. The van der Waals surface area contributed by atoms with Crippen LogP contribution in [0.5, 0.6) is 0 Å². The van der Waals surface area contributed by atoms with E-state index < -0.39 is 0 Å². The van der Waals surface area contributed by atoms with Gasteiger partial charge in [-0.2, -0.15) is 0 Å². The van der Waals surface area contributed by atoms with Crippen LogP contribution in [0.4, 0.5) is 0 Å². The van der Waals surface area contributed by atoms with Crippen LogP contribution in [0.3, 0.4) is 0 Å². The third kappa shape index (κ3) is 2.95. The molecule has 1 amide bonds. The minimum Gasteiger partial charge on any atom is -0.378 e. The van der Waals surface area contributed by atoms with Gasteiger partial charge in [-0.25, -0.2) is 0 Å².